The van der Waals surface area contributed by atoms with Gasteiger partial charge in [0.25, 0.3) is 11.7 Å². The number of hydrogen-bond acceptors (Lipinski definition) is 5. The van der Waals surface area contributed by atoms with E-state index < -0.39 is 17.7 Å². The highest BCUT2D eigenvalue weighted by molar-refractivity contribution is 6.52. The van der Waals surface area contributed by atoms with E-state index in [1.165, 1.54) is 18.1 Å². The number of rotatable bonds is 4. The van der Waals surface area contributed by atoms with Gasteiger partial charge in [0.2, 0.25) is 0 Å². The van der Waals surface area contributed by atoms with E-state index in [-0.39, 0.29) is 21.9 Å². The monoisotopic (exact) mass is 448 g/mol. The Morgan fingerprint density at radius 2 is 1.69 bits per heavy atom. The summed E-state index contributed by atoms with van der Waals surface area (Å²) in [7, 11) is 1.49. The molecule has 4 rings (SSSR count). The molecule has 1 N–H and O–H groups in total. The van der Waals surface area contributed by atoms with Crippen LogP contribution in [0.5, 0.6) is 5.75 Å². The Morgan fingerprint density at radius 3 is 2.31 bits per heavy atom. The summed E-state index contributed by atoms with van der Waals surface area (Å²) in [6.45, 7) is 3.84. The van der Waals surface area contributed by atoms with Crippen molar-refractivity contribution >= 4 is 34.7 Å². The second-order valence-electron chi connectivity index (χ2n) is 7.64. The van der Waals surface area contributed by atoms with Gasteiger partial charge in [-0.3, -0.25) is 19.5 Å². The lowest BCUT2D eigenvalue weighted by molar-refractivity contribution is -0.132. The molecule has 1 aliphatic heterocycles. The van der Waals surface area contributed by atoms with Gasteiger partial charge in [-0.25, -0.2) is 0 Å². The number of pyridine rings is 1. The first-order chi connectivity index (χ1) is 15.3. The van der Waals surface area contributed by atoms with Crippen molar-refractivity contribution in [3.8, 4) is 5.75 Å². The third-order valence-electron chi connectivity index (χ3n) is 5.38. The van der Waals surface area contributed by atoms with Crippen molar-refractivity contribution in [3.63, 3.8) is 0 Å². The van der Waals surface area contributed by atoms with E-state index in [0.29, 0.717) is 17.0 Å². The third kappa shape index (κ3) is 3.74. The number of aliphatic hydroxyl groups excluding tert-OH is 1. The van der Waals surface area contributed by atoms with Crippen LogP contribution in [0.4, 0.5) is 5.69 Å². The molecule has 32 heavy (non-hydrogen) atoms. The van der Waals surface area contributed by atoms with Gasteiger partial charge in [0.1, 0.15) is 11.5 Å². The minimum absolute atomic E-state index is 0.0458. The number of Topliss-reactive ketones (excluding diaryl/α,β-unsaturated/α-hetero) is 1. The number of nitrogens with zero attached hydrogens (tertiary/aromatic N) is 2. The van der Waals surface area contributed by atoms with Gasteiger partial charge in [-0.05, 0) is 73.0 Å². The molecular formula is C25H21ClN2O4. The molecule has 3 aromatic rings. The lowest BCUT2D eigenvalue weighted by Gasteiger charge is -2.26. The number of benzene rings is 2. The van der Waals surface area contributed by atoms with Crippen LogP contribution in [0, 0.1) is 13.8 Å². The maximum atomic E-state index is 13.2. The minimum Gasteiger partial charge on any atom is -0.507 e. The number of aromatic nitrogens is 1. The molecule has 1 aliphatic rings. The SMILES string of the molecule is COc1ccc(Cl)c(/C(O)=C2\C(=O)C(=O)N(c3cc(C)cc(C)c3)C2c2ccncc2)c1. The number of methoxy groups -OCH3 is 1. The van der Waals surface area contributed by atoms with E-state index in [4.69, 9.17) is 16.3 Å². The summed E-state index contributed by atoms with van der Waals surface area (Å²) in [5.41, 5.74) is 3.28. The lowest BCUT2D eigenvalue weighted by Crippen LogP contribution is -2.29. The second-order valence-corrected chi connectivity index (χ2v) is 8.05. The van der Waals surface area contributed by atoms with Crippen LogP contribution in [0.25, 0.3) is 5.76 Å². The van der Waals surface area contributed by atoms with E-state index in [1.807, 2.05) is 32.0 Å². The number of aryl methyl sites for hydroxylation is 2. The van der Waals surface area contributed by atoms with Crippen molar-refractivity contribution in [3.05, 3.63) is 93.8 Å². The molecule has 1 unspecified atom stereocenters. The Labute approximate surface area is 190 Å². The smallest absolute Gasteiger partial charge is 0.300 e. The molecule has 2 aromatic carbocycles. The highest BCUT2D eigenvalue weighted by atomic mass is 35.5. The standard InChI is InChI=1S/C25H21ClN2O4/c1-14-10-15(2)12-17(11-14)28-22(16-6-8-27-9-7-16)21(24(30)25(28)31)23(29)19-13-18(32-3)4-5-20(19)26/h4-13,22,29H,1-3H3/b23-21+. The molecule has 1 saturated heterocycles. The maximum absolute atomic E-state index is 13.2. The summed E-state index contributed by atoms with van der Waals surface area (Å²) in [5, 5.41) is 11.5. The fourth-order valence-electron chi connectivity index (χ4n) is 4.01. The van der Waals surface area contributed by atoms with Gasteiger partial charge >= 0.3 is 0 Å². The normalized spacial score (nSPS) is 17.6. The number of anilines is 1. The number of ketones is 1. The van der Waals surface area contributed by atoms with Crippen LogP contribution >= 0.6 is 11.6 Å². The zero-order valence-corrected chi connectivity index (χ0v) is 18.6. The van der Waals surface area contributed by atoms with Crippen molar-refractivity contribution in [2.75, 3.05) is 12.0 Å². The quantitative estimate of drug-likeness (QED) is 0.345. The molecule has 1 atom stereocenters. The first kappa shape index (κ1) is 21.6. The summed E-state index contributed by atoms with van der Waals surface area (Å²) >= 11 is 6.33. The molecule has 0 radical (unpaired) electrons. The van der Waals surface area contributed by atoms with Crippen molar-refractivity contribution in [2.24, 2.45) is 0 Å². The number of hydrogen-bond donors (Lipinski definition) is 1. The van der Waals surface area contributed by atoms with Crippen molar-refractivity contribution in [2.45, 2.75) is 19.9 Å². The molecule has 2 heterocycles. The average Bonchev–Trinajstić information content (AvgIpc) is 3.04. The molecular weight excluding hydrogens is 428 g/mol. The van der Waals surface area contributed by atoms with Crippen molar-refractivity contribution in [1.29, 1.82) is 0 Å². The van der Waals surface area contributed by atoms with E-state index in [0.717, 1.165) is 11.1 Å². The van der Waals surface area contributed by atoms with Crippen LogP contribution < -0.4 is 9.64 Å². The zero-order valence-electron chi connectivity index (χ0n) is 17.8. The second kappa shape index (κ2) is 8.48. The zero-order chi connectivity index (χ0) is 23.0. The summed E-state index contributed by atoms with van der Waals surface area (Å²) < 4.78 is 5.24. The van der Waals surface area contributed by atoms with Gasteiger partial charge in [0.15, 0.2) is 0 Å². The van der Waals surface area contributed by atoms with Crippen LogP contribution in [-0.2, 0) is 9.59 Å². The van der Waals surface area contributed by atoms with Crippen molar-refractivity contribution in [1.82, 2.24) is 4.98 Å². The molecule has 0 saturated carbocycles. The Bertz CT molecular complexity index is 1230. The predicted octanol–water partition coefficient (Wildman–Crippen LogP) is 4.99. The molecule has 1 aromatic heterocycles. The van der Waals surface area contributed by atoms with Gasteiger partial charge in [-0.15, -0.1) is 0 Å². The predicted molar refractivity (Wildman–Crippen MR) is 123 cm³/mol. The average molecular weight is 449 g/mol. The van der Waals surface area contributed by atoms with Crippen LogP contribution in [-0.4, -0.2) is 28.9 Å². The number of amides is 1. The molecule has 6 nitrogen and oxygen atoms in total. The number of aliphatic hydroxyl groups is 1. The number of carbonyl (C=O) groups is 2. The van der Waals surface area contributed by atoms with Crippen molar-refractivity contribution < 1.29 is 19.4 Å². The minimum atomic E-state index is -0.846. The summed E-state index contributed by atoms with van der Waals surface area (Å²) in [6.07, 6.45) is 3.16. The fraction of sp³-hybridized carbons (Fsp3) is 0.160. The summed E-state index contributed by atoms with van der Waals surface area (Å²) in [4.78, 5) is 31.9. The third-order valence-corrected chi connectivity index (χ3v) is 5.71. The first-order valence-corrected chi connectivity index (χ1v) is 10.3. The molecule has 0 bridgehead atoms. The molecule has 0 aliphatic carbocycles. The maximum Gasteiger partial charge on any atom is 0.300 e. The fourth-order valence-corrected chi connectivity index (χ4v) is 4.21. The Kier molecular flexibility index (Phi) is 5.72. The van der Waals surface area contributed by atoms with Crippen LogP contribution in [0.2, 0.25) is 5.02 Å². The van der Waals surface area contributed by atoms with Gasteiger partial charge in [0.05, 0.1) is 23.7 Å². The molecule has 1 amide bonds. The van der Waals surface area contributed by atoms with E-state index >= 15 is 0 Å². The molecule has 162 valence electrons. The number of carbonyl (C=O) groups excluding carboxylic acids is 2. The van der Waals surface area contributed by atoms with Crippen LogP contribution in [0.1, 0.15) is 28.3 Å². The molecule has 1 fully saturated rings. The van der Waals surface area contributed by atoms with E-state index in [1.54, 1.807) is 36.7 Å². The molecule has 7 heteroatoms. The van der Waals surface area contributed by atoms with Crippen LogP contribution in [0.3, 0.4) is 0 Å². The molecule has 0 spiro atoms. The summed E-state index contributed by atoms with van der Waals surface area (Å²) in [5.74, 6) is -1.42. The van der Waals surface area contributed by atoms with E-state index in [2.05, 4.69) is 4.98 Å². The highest BCUT2D eigenvalue weighted by Crippen LogP contribution is 2.43. The largest absolute Gasteiger partial charge is 0.507 e. The number of halogens is 1. The Hall–Kier alpha value is -3.64. The van der Waals surface area contributed by atoms with Crippen LogP contribution in [0.15, 0.2) is 66.5 Å². The first-order valence-electron chi connectivity index (χ1n) is 9.95. The Balaban J connectivity index is 1.99. The topological polar surface area (TPSA) is 79.7 Å². The highest BCUT2D eigenvalue weighted by Gasteiger charge is 2.47. The van der Waals surface area contributed by atoms with Gasteiger partial charge in [0, 0.05) is 23.6 Å². The van der Waals surface area contributed by atoms with Gasteiger partial charge in [-0.1, -0.05) is 17.7 Å². The van der Waals surface area contributed by atoms with Gasteiger partial charge < -0.3 is 9.84 Å². The summed E-state index contributed by atoms with van der Waals surface area (Å²) in [6, 6.07) is 13.0. The van der Waals surface area contributed by atoms with Gasteiger partial charge in [-0.2, -0.15) is 0 Å². The lowest BCUT2D eigenvalue weighted by atomic mass is 9.95. The Morgan fingerprint density at radius 1 is 1.03 bits per heavy atom. The number of ether oxygens (including phenoxy) is 1. The van der Waals surface area contributed by atoms with E-state index in [9.17, 15) is 14.7 Å².